The Bertz CT molecular complexity index is 718. The Morgan fingerprint density at radius 2 is 2.04 bits per heavy atom. The summed E-state index contributed by atoms with van der Waals surface area (Å²) < 4.78 is 23.6. The van der Waals surface area contributed by atoms with Crippen LogP contribution in [0.1, 0.15) is 18.4 Å². The van der Waals surface area contributed by atoms with Gasteiger partial charge in [0, 0.05) is 16.6 Å². The van der Waals surface area contributed by atoms with Crippen LogP contribution < -0.4 is 10.6 Å². The Balaban J connectivity index is 1.77. The minimum Gasteiger partial charge on any atom is -0.347 e. The van der Waals surface area contributed by atoms with E-state index in [0.29, 0.717) is 12.1 Å². The molecule has 2 N–H and O–H groups in total. The van der Waals surface area contributed by atoms with E-state index in [4.69, 9.17) is 0 Å². The van der Waals surface area contributed by atoms with Gasteiger partial charge in [-0.2, -0.15) is 0 Å². The summed E-state index contributed by atoms with van der Waals surface area (Å²) in [6, 6.07) is 5.49. The molecule has 2 amide bonds. The van der Waals surface area contributed by atoms with Crippen molar-refractivity contribution in [2.24, 2.45) is 5.92 Å². The van der Waals surface area contributed by atoms with E-state index in [1.807, 2.05) is 19.1 Å². The van der Waals surface area contributed by atoms with Crippen molar-refractivity contribution in [1.82, 2.24) is 5.32 Å². The molecule has 6 nitrogen and oxygen atoms in total. The molecule has 1 heterocycles. The number of hydrogen-bond acceptors (Lipinski definition) is 4. The molecule has 0 spiro atoms. The lowest BCUT2D eigenvalue weighted by Gasteiger charge is -2.11. The first-order chi connectivity index (χ1) is 10.7. The van der Waals surface area contributed by atoms with Gasteiger partial charge in [-0.15, -0.1) is 0 Å². The van der Waals surface area contributed by atoms with Gasteiger partial charge in [-0.05, 0) is 43.0 Å². The van der Waals surface area contributed by atoms with E-state index in [2.05, 4.69) is 26.6 Å². The Hall–Kier alpha value is -1.41. The van der Waals surface area contributed by atoms with Crippen molar-refractivity contribution in [1.29, 1.82) is 0 Å². The van der Waals surface area contributed by atoms with Crippen molar-refractivity contribution < 1.29 is 18.0 Å². The number of nitrogens with one attached hydrogen (secondary N) is 2. The molecule has 1 atom stereocenters. The van der Waals surface area contributed by atoms with E-state index in [0.717, 1.165) is 10.0 Å². The molecule has 1 aromatic carbocycles. The van der Waals surface area contributed by atoms with Gasteiger partial charge in [0.1, 0.15) is 0 Å². The number of sulfone groups is 1. The highest BCUT2D eigenvalue weighted by Gasteiger charge is 2.29. The van der Waals surface area contributed by atoms with E-state index in [1.165, 1.54) is 0 Å². The first-order valence-corrected chi connectivity index (χ1v) is 9.90. The fraction of sp³-hybridized carbons (Fsp3) is 0.467. The van der Waals surface area contributed by atoms with Crippen LogP contribution in [0.3, 0.4) is 0 Å². The normalized spacial score (nSPS) is 19.3. The second kappa shape index (κ2) is 7.44. The molecule has 0 aromatic heterocycles. The molecule has 8 heteroatoms. The highest BCUT2D eigenvalue weighted by molar-refractivity contribution is 9.10. The van der Waals surface area contributed by atoms with Gasteiger partial charge >= 0.3 is 0 Å². The number of benzene rings is 1. The molecule has 0 aliphatic carbocycles. The Morgan fingerprint density at radius 1 is 1.30 bits per heavy atom. The highest BCUT2D eigenvalue weighted by atomic mass is 79.9. The minimum atomic E-state index is -2.98. The van der Waals surface area contributed by atoms with Crippen LogP contribution >= 0.6 is 15.9 Å². The molecule has 1 unspecified atom stereocenters. The molecule has 23 heavy (non-hydrogen) atoms. The summed E-state index contributed by atoms with van der Waals surface area (Å²) in [5.74, 6) is -0.548. The van der Waals surface area contributed by atoms with Crippen LogP contribution in [0.5, 0.6) is 0 Å². The fourth-order valence-electron chi connectivity index (χ4n) is 2.51. The number of amides is 2. The first kappa shape index (κ1) is 17.9. The monoisotopic (exact) mass is 402 g/mol. The molecule has 0 saturated carbocycles. The quantitative estimate of drug-likeness (QED) is 0.782. The maximum Gasteiger partial charge on any atom is 0.243 e. The van der Waals surface area contributed by atoms with Gasteiger partial charge in [-0.25, -0.2) is 8.42 Å². The zero-order valence-electron chi connectivity index (χ0n) is 12.8. The van der Waals surface area contributed by atoms with Crippen LogP contribution in [0.4, 0.5) is 5.69 Å². The lowest BCUT2D eigenvalue weighted by molar-refractivity contribution is -0.124. The lowest BCUT2D eigenvalue weighted by atomic mass is 10.1. The van der Waals surface area contributed by atoms with Gasteiger partial charge < -0.3 is 10.6 Å². The number of hydrogen-bond donors (Lipinski definition) is 2. The molecule has 1 fully saturated rings. The maximum atomic E-state index is 11.9. The summed E-state index contributed by atoms with van der Waals surface area (Å²) in [4.78, 5) is 23.6. The third-order valence-electron chi connectivity index (χ3n) is 3.71. The smallest absolute Gasteiger partial charge is 0.243 e. The van der Waals surface area contributed by atoms with Crippen molar-refractivity contribution in [3.8, 4) is 0 Å². The predicted octanol–water partition coefficient (Wildman–Crippen LogP) is 1.64. The Labute approximate surface area is 144 Å². The predicted molar refractivity (Wildman–Crippen MR) is 91.9 cm³/mol. The molecule has 0 bridgehead atoms. The van der Waals surface area contributed by atoms with Crippen molar-refractivity contribution >= 4 is 43.3 Å². The van der Waals surface area contributed by atoms with Crippen LogP contribution in [0, 0.1) is 12.8 Å². The summed E-state index contributed by atoms with van der Waals surface area (Å²) in [6.07, 6.45) is 0.657. The molecule has 1 aliphatic heterocycles. The van der Waals surface area contributed by atoms with Gasteiger partial charge in [0.25, 0.3) is 0 Å². The summed E-state index contributed by atoms with van der Waals surface area (Å²) in [6.45, 7) is 1.74. The molecule has 0 radical (unpaired) electrons. The van der Waals surface area contributed by atoms with Gasteiger partial charge in [0.2, 0.25) is 11.8 Å². The summed E-state index contributed by atoms with van der Waals surface area (Å²) in [7, 11) is -2.98. The molecule has 126 valence electrons. The van der Waals surface area contributed by atoms with E-state index in [9.17, 15) is 18.0 Å². The maximum absolute atomic E-state index is 11.9. The van der Waals surface area contributed by atoms with Gasteiger partial charge in [-0.1, -0.05) is 15.9 Å². The summed E-state index contributed by atoms with van der Waals surface area (Å²) in [5.41, 5.74) is 1.60. The van der Waals surface area contributed by atoms with E-state index in [1.54, 1.807) is 6.07 Å². The van der Waals surface area contributed by atoms with E-state index >= 15 is 0 Å². The molecule has 1 aromatic rings. The van der Waals surface area contributed by atoms with Crippen molar-refractivity contribution in [3.63, 3.8) is 0 Å². The molecule has 1 aliphatic rings. The molecule has 1 saturated heterocycles. The van der Waals surface area contributed by atoms with Crippen LogP contribution in [-0.4, -0.2) is 38.3 Å². The van der Waals surface area contributed by atoms with E-state index < -0.39 is 9.84 Å². The third kappa shape index (κ3) is 5.62. The number of anilines is 1. The zero-order valence-corrected chi connectivity index (χ0v) is 15.2. The first-order valence-electron chi connectivity index (χ1n) is 7.28. The second-order valence-corrected chi connectivity index (χ2v) is 8.90. The average Bonchev–Trinajstić information content (AvgIpc) is 2.79. The zero-order chi connectivity index (χ0) is 17.0. The molecular formula is C15H19BrN2O4S. The van der Waals surface area contributed by atoms with Crippen LogP contribution in [-0.2, 0) is 19.4 Å². The van der Waals surface area contributed by atoms with Gasteiger partial charge in [-0.3, -0.25) is 9.59 Å². The molecule has 2 rings (SSSR count). The van der Waals surface area contributed by atoms with E-state index in [-0.39, 0.29) is 42.2 Å². The largest absolute Gasteiger partial charge is 0.347 e. The second-order valence-electron chi connectivity index (χ2n) is 5.76. The number of halogens is 1. The standard InChI is InChI=1S/C15H19BrN2O4S/c1-10-6-12(16)2-3-13(10)18-15(20)8-17-14(19)7-11-4-5-23(21,22)9-11/h2-3,6,11H,4-5,7-9H2,1H3,(H,17,19)(H,18,20). The third-order valence-corrected chi connectivity index (χ3v) is 6.04. The van der Waals surface area contributed by atoms with Crippen molar-refractivity contribution in [2.45, 2.75) is 19.8 Å². The SMILES string of the molecule is Cc1cc(Br)ccc1NC(=O)CNC(=O)CC1CCS(=O)(=O)C1. The van der Waals surface area contributed by atoms with Crippen molar-refractivity contribution in [2.75, 3.05) is 23.4 Å². The number of carbonyl (C=O) groups excluding carboxylic acids is 2. The lowest BCUT2D eigenvalue weighted by Crippen LogP contribution is -2.34. The van der Waals surface area contributed by atoms with Gasteiger partial charge in [0.05, 0.1) is 18.1 Å². The minimum absolute atomic E-state index is 0.0602. The number of carbonyl (C=O) groups is 2. The highest BCUT2D eigenvalue weighted by Crippen LogP contribution is 2.21. The number of rotatable bonds is 5. The average molecular weight is 403 g/mol. The summed E-state index contributed by atoms with van der Waals surface area (Å²) >= 11 is 3.35. The fourth-order valence-corrected chi connectivity index (χ4v) is 4.85. The Morgan fingerprint density at radius 3 is 2.65 bits per heavy atom. The number of aryl methyl sites for hydroxylation is 1. The van der Waals surface area contributed by atoms with Gasteiger partial charge in [0.15, 0.2) is 9.84 Å². The topological polar surface area (TPSA) is 92.3 Å². The Kier molecular flexibility index (Phi) is 5.80. The summed E-state index contributed by atoms with van der Waals surface area (Å²) in [5, 5.41) is 5.26. The van der Waals surface area contributed by atoms with Crippen molar-refractivity contribution in [3.05, 3.63) is 28.2 Å². The van der Waals surface area contributed by atoms with Crippen LogP contribution in [0.15, 0.2) is 22.7 Å². The molecular weight excluding hydrogens is 384 g/mol. The van der Waals surface area contributed by atoms with Crippen LogP contribution in [0.25, 0.3) is 0 Å². The van der Waals surface area contributed by atoms with Crippen LogP contribution in [0.2, 0.25) is 0 Å².